The normalized spacial score (nSPS) is 15.4. The van der Waals surface area contributed by atoms with Gasteiger partial charge in [-0.15, -0.1) is 11.8 Å². The van der Waals surface area contributed by atoms with Crippen LogP contribution >= 0.6 is 11.8 Å². The van der Waals surface area contributed by atoms with Crippen LogP contribution in [0.15, 0.2) is 36.4 Å². The first-order valence-corrected chi connectivity index (χ1v) is 11.0. The van der Waals surface area contributed by atoms with Crippen LogP contribution in [0.2, 0.25) is 0 Å². The van der Waals surface area contributed by atoms with Crippen LogP contribution in [0.1, 0.15) is 22.1 Å². The zero-order chi connectivity index (χ0) is 22.8. The Bertz CT molecular complexity index is 1140. The van der Waals surface area contributed by atoms with Crippen molar-refractivity contribution in [3.63, 3.8) is 0 Å². The van der Waals surface area contributed by atoms with Crippen LogP contribution in [-0.2, 0) is 4.79 Å². The van der Waals surface area contributed by atoms with Crippen LogP contribution < -0.4 is 24.3 Å². The molecule has 168 valence electrons. The van der Waals surface area contributed by atoms with E-state index in [1.165, 1.54) is 11.8 Å². The summed E-state index contributed by atoms with van der Waals surface area (Å²) in [6, 6.07) is 11.3. The van der Waals surface area contributed by atoms with E-state index < -0.39 is 0 Å². The predicted octanol–water partition coefficient (Wildman–Crippen LogP) is 3.99. The van der Waals surface area contributed by atoms with Gasteiger partial charge in [-0.3, -0.25) is 4.79 Å². The van der Waals surface area contributed by atoms with Gasteiger partial charge in [0.1, 0.15) is 11.6 Å². The van der Waals surface area contributed by atoms with Crippen molar-refractivity contribution >= 4 is 23.5 Å². The van der Waals surface area contributed by atoms with Gasteiger partial charge in [0.05, 0.1) is 50.8 Å². The smallest absolute Gasteiger partial charge is 0.235 e. The van der Waals surface area contributed by atoms with Crippen molar-refractivity contribution in [1.82, 2.24) is 9.78 Å². The number of carbonyl (C=O) groups is 1. The second kappa shape index (κ2) is 9.04. The van der Waals surface area contributed by atoms with Crippen molar-refractivity contribution < 1.29 is 23.7 Å². The molecular weight excluding hydrogens is 430 g/mol. The second-order valence-corrected chi connectivity index (χ2v) is 8.21. The molecule has 1 atom stereocenters. The fourth-order valence-electron chi connectivity index (χ4n) is 3.87. The highest BCUT2D eigenvalue weighted by Crippen LogP contribution is 2.50. The Morgan fingerprint density at radius 3 is 2.31 bits per heavy atom. The molecule has 3 aromatic rings. The molecule has 0 saturated heterocycles. The number of nitrogens with zero attached hydrogens (tertiary/aromatic N) is 2. The lowest BCUT2D eigenvalue weighted by molar-refractivity contribution is -0.113. The third-order valence-corrected chi connectivity index (χ3v) is 6.59. The highest BCUT2D eigenvalue weighted by molar-refractivity contribution is 8.00. The number of amides is 1. The fraction of sp³-hybridized carbons (Fsp3) is 0.304. The summed E-state index contributed by atoms with van der Waals surface area (Å²) in [4.78, 5) is 12.6. The Balaban J connectivity index is 1.90. The number of aryl methyl sites for hydroxylation is 1. The van der Waals surface area contributed by atoms with Gasteiger partial charge in [-0.05, 0) is 43.3 Å². The Hall–Kier alpha value is -3.33. The van der Waals surface area contributed by atoms with Crippen LogP contribution in [0.5, 0.6) is 23.0 Å². The molecule has 1 aliphatic rings. The highest BCUT2D eigenvalue weighted by atomic mass is 32.2. The average molecular weight is 456 g/mol. The number of anilines is 1. The summed E-state index contributed by atoms with van der Waals surface area (Å²) in [6.45, 7) is 1.94. The van der Waals surface area contributed by atoms with Gasteiger partial charge in [-0.2, -0.15) is 5.10 Å². The van der Waals surface area contributed by atoms with E-state index in [0.717, 1.165) is 28.3 Å². The van der Waals surface area contributed by atoms with Crippen LogP contribution in [0.3, 0.4) is 0 Å². The summed E-state index contributed by atoms with van der Waals surface area (Å²) in [7, 11) is 6.38. The monoisotopic (exact) mass is 455 g/mol. The van der Waals surface area contributed by atoms with Crippen LogP contribution in [0.4, 0.5) is 5.82 Å². The van der Waals surface area contributed by atoms with Gasteiger partial charge < -0.3 is 24.3 Å². The molecule has 2 heterocycles. The highest BCUT2D eigenvalue weighted by Gasteiger charge is 2.33. The maximum atomic E-state index is 12.6. The first-order chi connectivity index (χ1) is 15.5. The molecule has 2 aromatic carbocycles. The molecule has 1 aromatic heterocycles. The molecule has 4 rings (SSSR count). The van der Waals surface area contributed by atoms with Crippen molar-refractivity contribution in [3.8, 4) is 28.7 Å². The summed E-state index contributed by atoms with van der Waals surface area (Å²) in [6.07, 6.45) is 0. The number of hydrogen-bond donors (Lipinski definition) is 1. The lowest BCUT2D eigenvalue weighted by atomic mass is 10.0. The Morgan fingerprint density at radius 2 is 1.69 bits per heavy atom. The van der Waals surface area contributed by atoms with E-state index in [0.29, 0.717) is 28.8 Å². The minimum atomic E-state index is -0.203. The number of nitrogens with one attached hydrogen (secondary N) is 1. The number of benzene rings is 2. The quantitative estimate of drug-likeness (QED) is 0.602. The summed E-state index contributed by atoms with van der Waals surface area (Å²) in [5.74, 6) is 3.25. The SMILES string of the molecule is COc1ccc(-n2nc(C)c3c2NC(=O)CSC3c2ccc(OC)c(OC)c2OC)cc1. The van der Waals surface area contributed by atoms with Gasteiger partial charge in [-0.25, -0.2) is 4.68 Å². The summed E-state index contributed by atoms with van der Waals surface area (Å²) in [5.41, 5.74) is 3.43. The van der Waals surface area contributed by atoms with Crippen LogP contribution in [-0.4, -0.2) is 49.9 Å². The zero-order valence-corrected chi connectivity index (χ0v) is 19.4. The van der Waals surface area contributed by atoms with Crippen LogP contribution in [0, 0.1) is 6.92 Å². The maximum Gasteiger partial charge on any atom is 0.235 e. The number of fused-ring (bicyclic) bond motifs is 1. The van der Waals surface area contributed by atoms with Gasteiger partial charge in [0.25, 0.3) is 0 Å². The third-order valence-electron chi connectivity index (χ3n) is 5.34. The van der Waals surface area contributed by atoms with Gasteiger partial charge in [0.2, 0.25) is 11.7 Å². The van der Waals surface area contributed by atoms with Crippen molar-refractivity contribution in [2.24, 2.45) is 0 Å². The van der Waals surface area contributed by atoms with Crippen molar-refractivity contribution in [3.05, 3.63) is 53.2 Å². The number of rotatable bonds is 6. The molecule has 1 unspecified atom stereocenters. The molecule has 0 fully saturated rings. The predicted molar refractivity (Wildman–Crippen MR) is 124 cm³/mol. The molecule has 0 saturated carbocycles. The summed E-state index contributed by atoms with van der Waals surface area (Å²) < 4.78 is 23.8. The molecule has 0 bridgehead atoms. The van der Waals surface area contributed by atoms with Crippen molar-refractivity contribution in [2.75, 3.05) is 39.5 Å². The first kappa shape index (κ1) is 21.9. The molecule has 0 radical (unpaired) electrons. The van der Waals surface area contributed by atoms with Gasteiger partial charge in [0, 0.05) is 11.1 Å². The van der Waals surface area contributed by atoms with E-state index in [-0.39, 0.29) is 11.2 Å². The van der Waals surface area contributed by atoms with Crippen molar-refractivity contribution in [1.29, 1.82) is 0 Å². The van der Waals surface area contributed by atoms with E-state index in [9.17, 15) is 4.79 Å². The number of ether oxygens (including phenoxy) is 4. The second-order valence-electron chi connectivity index (χ2n) is 7.12. The zero-order valence-electron chi connectivity index (χ0n) is 18.6. The van der Waals surface area contributed by atoms with Gasteiger partial charge in [0.15, 0.2) is 11.5 Å². The molecule has 9 heteroatoms. The van der Waals surface area contributed by atoms with E-state index >= 15 is 0 Å². The van der Waals surface area contributed by atoms with Gasteiger partial charge >= 0.3 is 0 Å². The number of carbonyl (C=O) groups excluding carboxylic acids is 1. The fourth-order valence-corrected chi connectivity index (χ4v) is 5.07. The van der Waals surface area contributed by atoms with E-state index in [4.69, 9.17) is 24.0 Å². The molecule has 32 heavy (non-hydrogen) atoms. The number of hydrogen-bond acceptors (Lipinski definition) is 7. The molecular formula is C23H25N3O5S. The molecule has 1 aliphatic heterocycles. The third kappa shape index (κ3) is 3.73. The average Bonchev–Trinajstić information content (AvgIpc) is 3.02. The number of aromatic nitrogens is 2. The Labute approximate surface area is 190 Å². The number of thioether (sulfide) groups is 1. The molecule has 1 amide bonds. The van der Waals surface area contributed by atoms with Crippen LogP contribution in [0.25, 0.3) is 5.69 Å². The Kier molecular flexibility index (Phi) is 6.18. The Morgan fingerprint density at radius 1 is 0.969 bits per heavy atom. The minimum absolute atomic E-state index is 0.0899. The van der Waals surface area contributed by atoms with Gasteiger partial charge in [-0.1, -0.05) is 0 Å². The van der Waals surface area contributed by atoms with Crippen molar-refractivity contribution in [2.45, 2.75) is 12.2 Å². The maximum absolute atomic E-state index is 12.6. The molecule has 0 spiro atoms. The molecule has 1 N–H and O–H groups in total. The lowest BCUT2D eigenvalue weighted by Gasteiger charge is -2.21. The van der Waals surface area contributed by atoms with E-state index in [2.05, 4.69) is 5.32 Å². The van der Waals surface area contributed by atoms with E-state index in [1.807, 2.05) is 43.3 Å². The molecule has 8 nitrogen and oxygen atoms in total. The largest absolute Gasteiger partial charge is 0.497 e. The molecule has 0 aliphatic carbocycles. The summed E-state index contributed by atoms with van der Waals surface area (Å²) in [5, 5.41) is 7.59. The minimum Gasteiger partial charge on any atom is -0.497 e. The topological polar surface area (TPSA) is 83.8 Å². The summed E-state index contributed by atoms with van der Waals surface area (Å²) >= 11 is 1.52. The standard InChI is InChI=1S/C23H25N3O5S/c1-13-19-22(16-10-11-17(29-3)21(31-5)20(16)30-4)32-12-18(27)24-23(19)26(25-13)14-6-8-15(28-2)9-7-14/h6-11,22H,12H2,1-5H3,(H,24,27). The number of methoxy groups -OCH3 is 4. The lowest BCUT2D eigenvalue weighted by Crippen LogP contribution is -2.15. The van der Waals surface area contributed by atoms with E-state index in [1.54, 1.807) is 33.1 Å². The first-order valence-electron chi connectivity index (χ1n) is 9.96.